The summed E-state index contributed by atoms with van der Waals surface area (Å²) in [5, 5.41) is 3.75. The number of nitrogens with zero attached hydrogens (tertiary/aromatic N) is 6. The van der Waals surface area contributed by atoms with E-state index in [0.717, 1.165) is 23.5 Å². The summed E-state index contributed by atoms with van der Waals surface area (Å²) < 4.78 is 8.66. The van der Waals surface area contributed by atoms with Crippen LogP contribution >= 0.6 is 11.6 Å². The van der Waals surface area contributed by atoms with Crippen LogP contribution in [0, 0.1) is 5.92 Å². The van der Waals surface area contributed by atoms with Gasteiger partial charge in [0.1, 0.15) is 23.6 Å². The van der Waals surface area contributed by atoms with Gasteiger partial charge in [-0.15, -0.1) is 0 Å². The molecule has 2 fully saturated rings. The highest BCUT2D eigenvalue weighted by atomic mass is 35.5. The zero-order valence-electron chi connectivity index (χ0n) is 25.5. The lowest BCUT2D eigenvalue weighted by Gasteiger charge is -2.37. The van der Waals surface area contributed by atoms with Crippen molar-refractivity contribution in [1.29, 1.82) is 0 Å². The number of rotatable bonds is 11. The largest absolute Gasteiger partial charge is 0.415 e. The predicted octanol–water partition coefficient (Wildman–Crippen LogP) is 6.82. The van der Waals surface area contributed by atoms with Crippen molar-refractivity contribution in [3.05, 3.63) is 77.2 Å². The Balaban J connectivity index is 1.18. The van der Waals surface area contributed by atoms with Crippen molar-refractivity contribution in [3.8, 4) is 0 Å². The standard InChI is InChI=1S/C32H40ClN7O2Si/c1-32(2,3)43(4,5)42-13-12-39(18-24-19-40-17-22(21-6-7-21)8-9-29(40)37-24)30-16-28(35-20-36-30)38-31(41)26-15-25(26)27-14-23(33)10-11-34-27/h8-11,14,16-17,19-21,25-26H,6-7,12-13,15,18H2,1-5H3,(H,35,36,38,41). The predicted molar refractivity (Wildman–Crippen MR) is 172 cm³/mol. The molecule has 4 heterocycles. The quantitative estimate of drug-likeness (QED) is 0.184. The van der Waals surface area contributed by atoms with Gasteiger partial charge in [0, 0.05) is 53.8 Å². The number of amides is 1. The maximum atomic E-state index is 13.1. The fourth-order valence-electron chi connectivity index (χ4n) is 5.14. The molecule has 0 aliphatic heterocycles. The second-order valence-corrected chi connectivity index (χ2v) is 18.6. The zero-order chi connectivity index (χ0) is 30.4. The van der Waals surface area contributed by atoms with Crippen LogP contribution in [0.5, 0.6) is 0 Å². The topological polar surface area (TPSA) is 97.5 Å². The number of fused-ring (bicyclic) bond motifs is 1. The lowest BCUT2D eigenvalue weighted by molar-refractivity contribution is -0.117. The van der Waals surface area contributed by atoms with Crippen LogP contribution in [0.25, 0.3) is 5.65 Å². The van der Waals surface area contributed by atoms with Crippen LogP contribution in [-0.4, -0.2) is 51.7 Å². The van der Waals surface area contributed by atoms with E-state index in [2.05, 4.69) is 88.0 Å². The number of pyridine rings is 2. The second-order valence-electron chi connectivity index (χ2n) is 13.4. The highest BCUT2D eigenvalue weighted by Crippen LogP contribution is 2.47. The van der Waals surface area contributed by atoms with E-state index in [1.165, 1.54) is 24.7 Å². The molecule has 0 aromatic carbocycles. The van der Waals surface area contributed by atoms with Crippen LogP contribution in [0.15, 0.2) is 55.2 Å². The molecular formula is C32H40ClN7O2Si. The summed E-state index contributed by atoms with van der Waals surface area (Å²) in [4.78, 5) is 33.5. The number of nitrogens with one attached hydrogen (secondary N) is 1. The highest BCUT2D eigenvalue weighted by molar-refractivity contribution is 6.74. The summed E-state index contributed by atoms with van der Waals surface area (Å²) >= 11 is 6.13. The lowest BCUT2D eigenvalue weighted by Crippen LogP contribution is -2.42. The van der Waals surface area contributed by atoms with Gasteiger partial charge in [0.2, 0.25) is 5.91 Å². The average Bonchev–Trinajstić information content (AvgIpc) is 3.88. The highest BCUT2D eigenvalue weighted by Gasteiger charge is 2.45. The van der Waals surface area contributed by atoms with E-state index >= 15 is 0 Å². The maximum absolute atomic E-state index is 13.1. The molecular weight excluding hydrogens is 578 g/mol. The molecule has 4 aromatic rings. The van der Waals surface area contributed by atoms with E-state index in [9.17, 15) is 4.79 Å². The van der Waals surface area contributed by atoms with Gasteiger partial charge in [0.25, 0.3) is 0 Å². The first kappa shape index (κ1) is 29.7. The second kappa shape index (κ2) is 11.6. The van der Waals surface area contributed by atoms with Crippen LogP contribution in [0.2, 0.25) is 23.2 Å². The smallest absolute Gasteiger partial charge is 0.229 e. The fourth-order valence-corrected chi connectivity index (χ4v) is 6.34. The van der Waals surface area contributed by atoms with E-state index in [0.29, 0.717) is 42.3 Å². The molecule has 2 unspecified atom stereocenters. The third-order valence-electron chi connectivity index (χ3n) is 9.03. The van der Waals surface area contributed by atoms with E-state index in [1.807, 2.05) is 12.1 Å². The zero-order valence-corrected chi connectivity index (χ0v) is 27.3. The Morgan fingerprint density at radius 3 is 2.70 bits per heavy atom. The van der Waals surface area contributed by atoms with Crippen molar-refractivity contribution in [2.24, 2.45) is 5.92 Å². The number of imidazole rings is 1. The molecule has 0 saturated heterocycles. The molecule has 2 aliphatic carbocycles. The number of anilines is 2. The van der Waals surface area contributed by atoms with Gasteiger partial charge in [-0.25, -0.2) is 15.0 Å². The Labute approximate surface area is 259 Å². The molecule has 0 bridgehead atoms. The summed E-state index contributed by atoms with van der Waals surface area (Å²) in [6.45, 7) is 13.0. The fraction of sp³-hybridized carbons (Fsp3) is 0.469. The summed E-state index contributed by atoms with van der Waals surface area (Å²) in [5.74, 6) is 1.71. The molecule has 43 heavy (non-hydrogen) atoms. The first-order valence-corrected chi connectivity index (χ1v) is 18.4. The summed E-state index contributed by atoms with van der Waals surface area (Å²) in [6.07, 6.45) is 10.8. The molecule has 0 radical (unpaired) electrons. The van der Waals surface area contributed by atoms with Crippen LogP contribution < -0.4 is 10.2 Å². The minimum atomic E-state index is -1.93. The van der Waals surface area contributed by atoms with Crippen LogP contribution in [0.1, 0.15) is 68.8 Å². The maximum Gasteiger partial charge on any atom is 0.229 e. The van der Waals surface area contributed by atoms with E-state index in [1.54, 1.807) is 12.3 Å². The number of carbonyl (C=O) groups excluding carboxylic acids is 1. The van der Waals surface area contributed by atoms with Gasteiger partial charge in [0.05, 0.1) is 18.8 Å². The average molecular weight is 618 g/mol. The molecule has 226 valence electrons. The number of aromatic nitrogens is 5. The van der Waals surface area contributed by atoms with Crippen molar-refractivity contribution < 1.29 is 9.22 Å². The molecule has 2 aliphatic rings. The Bertz CT molecular complexity index is 1630. The van der Waals surface area contributed by atoms with Crippen LogP contribution in [0.3, 0.4) is 0 Å². The Morgan fingerprint density at radius 1 is 1.14 bits per heavy atom. The van der Waals surface area contributed by atoms with Gasteiger partial charge in [-0.2, -0.15) is 0 Å². The number of hydrogen-bond donors (Lipinski definition) is 1. The van der Waals surface area contributed by atoms with Crippen molar-refractivity contribution >= 4 is 43.1 Å². The summed E-state index contributed by atoms with van der Waals surface area (Å²) in [6, 6.07) is 9.70. The molecule has 4 aromatic heterocycles. The van der Waals surface area contributed by atoms with Crippen molar-refractivity contribution in [3.63, 3.8) is 0 Å². The van der Waals surface area contributed by atoms with Crippen molar-refractivity contribution in [1.82, 2.24) is 24.3 Å². The molecule has 6 rings (SSSR count). The van der Waals surface area contributed by atoms with Crippen LogP contribution in [-0.2, 0) is 15.8 Å². The number of carbonyl (C=O) groups is 1. The Kier molecular flexibility index (Phi) is 8.04. The Hall–Kier alpha value is -3.34. The van der Waals surface area contributed by atoms with Gasteiger partial charge in [0.15, 0.2) is 8.32 Å². The molecule has 0 spiro atoms. The van der Waals surface area contributed by atoms with Gasteiger partial charge < -0.3 is 19.0 Å². The number of halogens is 1. The monoisotopic (exact) mass is 617 g/mol. The van der Waals surface area contributed by atoms with Gasteiger partial charge in [-0.05, 0) is 67.1 Å². The van der Waals surface area contributed by atoms with Gasteiger partial charge >= 0.3 is 0 Å². The minimum Gasteiger partial charge on any atom is -0.415 e. The third kappa shape index (κ3) is 6.92. The normalized spacial score (nSPS) is 18.6. The first-order valence-electron chi connectivity index (χ1n) is 15.1. The third-order valence-corrected chi connectivity index (χ3v) is 13.8. The van der Waals surface area contributed by atoms with Gasteiger partial charge in [-0.3, -0.25) is 9.78 Å². The summed E-state index contributed by atoms with van der Waals surface area (Å²) in [7, 11) is -1.93. The first-order chi connectivity index (χ1) is 20.5. The summed E-state index contributed by atoms with van der Waals surface area (Å²) in [5.41, 5.74) is 4.09. The van der Waals surface area contributed by atoms with E-state index in [4.69, 9.17) is 21.0 Å². The molecule has 1 amide bonds. The number of hydrogen-bond acceptors (Lipinski definition) is 7. The molecule has 9 nitrogen and oxygen atoms in total. The lowest BCUT2D eigenvalue weighted by atomic mass is 10.2. The molecule has 2 atom stereocenters. The van der Waals surface area contributed by atoms with E-state index in [-0.39, 0.29) is 22.8 Å². The van der Waals surface area contributed by atoms with Crippen molar-refractivity contribution in [2.45, 2.75) is 76.5 Å². The minimum absolute atomic E-state index is 0.0690. The van der Waals surface area contributed by atoms with Crippen molar-refractivity contribution in [2.75, 3.05) is 23.4 Å². The molecule has 2 saturated carbocycles. The van der Waals surface area contributed by atoms with E-state index < -0.39 is 8.32 Å². The SMILES string of the molecule is CC(C)(C)[Si](C)(C)OCCN(Cc1cn2cc(C3CC3)ccc2n1)c1cc(NC(=O)C2CC2c2cc(Cl)ccn2)ncn1. The molecule has 11 heteroatoms. The Morgan fingerprint density at radius 2 is 1.95 bits per heavy atom. The van der Waals surface area contributed by atoms with Gasteiger partial charge in [-0.1, -0.05) is 38.4 Å². The van der Waals surface area contributed by atoms with Crippen LogP contribution in [0.4, 0.5) is 11.6 Å². The molecule has 1 N–H and O–H groups in total.